The van der Waals surface area contributed by atoms with E-state index in [0.717, 1.165) is 46.3 Å². The number of allylic oxidation sites excluding steroid dienone is 1. The van der Waals surface area contributed by atoms with Crippen molar-refractivity contribution < 1.29 is 13.6 Å². The summed E-state index contributed by atoms with van der Waals surface area (Å²) in [7, 11) is 0. The van der Waals surface area contributed by atoms with Crippen LogP contribution in [0.15, 0.2) is 114 Å². The van der Waals surface area contributed by atoms with Gasteiger partial charge < -0.3 is 4.42 Å². The first-order chi connectivity index (χ1) is 17.8. The lowest BCUT2D eigenvalue weighted by molar-refractivity contribution is -0.679. The van der Waals surface area contributed by atoms with Crippen molar-refractivity contribution in [1.29, 1.82) is 0 Å². The number of furan rings is 1. The maximum absolute atomic E-state index is 6.56. The number of hydrogen-bond acceptors (Lipinski definition) is 1. The monoisotopic (exact) mass is 466 g/mol. The Kier molecular flexibility index (Phi) is 4.81. The second-order valence-corrected chi connectivity index (χ2v) is 9.52. The second-order valence-electron chi connectivity index (χ2n) is 9.52. The molecule has 0 aliphatic carbocycles. The van der Waals surface area contributed by atoms with Crippen molar-refractivity contribution in [3.8, 4) is 22.5 Å². The molecule has 0 amide bonds. The number of aromatic nitrogens is 2. The van der Waals surface area contributed by atoms with Gasteiger partial charge in [0.1, 0.15) is 11.2 Å². The molecule has 0 saturated heterocycles. The Bertz CT molecular complexity index is 1810. The van der Waals surface area contributed by atoms with Gasteiger partial charge in [-0.3, -0.25) is 0 Å². The van der Waals surface area contributed by atoms with Gasteiger partial charge in [-0.1, -0.05) is 48.5 Å². The first kappa shape index (κ1) is 20.8. The summed E-state index contributed by atoms with van der Waals surface area (Å²) in [6.45, 7) is 3.67. The van der Waals surface area contributed by atoms with E-state index in [0.29, 0.717) is 0 Å². The molecule has 172 valence electrons. The first-order valence-electron chi connectivity index (χ1n) is 12.4. The molecule has 1 aliphatic rings. The first-order valence-corrected chi connectivity index (χ1v) is 12.4. The fourth-order valence-electron chi connectivity index (χ4n) is 5.50. The number of rotatable bonds is 0. The molecule has 3 nitrogen and oxygen atoms in total. The lowest BCUT2D eigenvalue weighted by Gasteiger charge is -2.12. The highest BCUT2D eigenvalue weighted by Gasteiger charge is 2.26. The van der Waals surface area contributed by atoms with Gasteiger partial charge in [0.05, 0.1) is 11.1 Å². The quantitative estimate of drug-likeness (QED) is 0.224. The van der Waals surface area contributed by atoms with Gasteiger partial charge in [-0.15, -0.1) is 0 Å². The lowest BCUT2D eigenvalue weighted by Crippen LogP contribution is -2.39. The van der Waals surface area contributed by atoms with Crippen molar-refractivity contribution in [1.82, 2.24) is 0 Å². The van der Waals surface area contributed by atoms with Gasteiger partial charge in [0.25, 0.3) is 0 Å². The maximum atomic E-state index is 6.56. The summed E-state index contributed by atoms with van der Waals surface area (Å²) >= 11 is 0. The second kappa shape index (κ2) is 8.31. The van der Waals surface area contributed by atoms with Crippen LogP contribution in [0.2, 0.25) is 0 Å². The Hall–Kier alpha value is -4.50. The Balaban J connectivity index is 1.58. The van der Waals surface area contributed by atoms with E-state index in [2.05, 4.69) is 126 Å². The summed E-state index contributed by atoms with van der Waals surface area (Å²) in [5.74, 6) is 0. The van der Waals surface area contributed by atoms with Crippen LogP contribution in [0.1, 0.15) is 16.7 Å². The molecule has 0 spiro atoms. The molecule has 0 fully saturated rings. The fraction of sp³-hybridized carbons (Fsp3) is 0.0909. The Morgan fingerprint density at radius 3 is 2.56 bits per heavy atom. The van der Waals surface area contributed by atoms with E-state index in [-0.39, 0.29) is 0 Å². The van der Waals surface area contributed by atoms with Crippen molar-refractivity contribution in [3.05, 3.63) is 126 Å². The van der Waals surface area contributed by atoms with Crippen molar-refractivity contribution in [3.63, 3.8) is 0 Å². The summed E-state index contributed by atoms with van der Waals surface area (Å²) in [6, 6.07) is 32.4. The Labute approximate surface area is 210 Å². The molecule has 1 aliphatic heterocycles. The van der Waals surface area contributed by atoms with Gasteiger partial charge in [-0.25, -0.2) is 0 Å². The van der Waals surface area contributed by atoms with Gasteiger partial charge in [0.2, 0.25) is 11.4 Å². The highest BCUT2D eigenvalue weighted by Crippen LogP contribution is 2.37. The van der Waals surface area contributed by atoms with E-state index in [4.69, 9.17) is 4.42 Å². The van der Waals surface area contributed by atoms with Crippen molar-refractivity contribution in [2.75, 3.05) is 0 Å². The minimum Gasteiger partial charge on any atom is -0.455 e. The normalized spacial score (nSPS) is 13.7. The largest absolute Gasteiger partial charge is 0.455 e. The van der Waals surface area contributed by atoms with Crippen molar-refractivity contribution in [2.45, 2.75) is 20.0 Å². The molecule has 0 bridgehead atoms. The maximum Gasteiger partial charge on any atom is 0.217 e. The average molecular weight is 467 g/mol. The minimum absolute atomic E-state index is 0.742. The summed E-state index contributed by atoms with van der Waals surface area (Å²) in [5.41, 5.74) is 10.3. The van der Waals surface area contributed by atoms with Gasteiger partial charge in [-0.2, -0.15) is 9.13 Å². The number of para-hydroxylation sites is 1. The van der Waals surface area contributed by atoms with Crippen LogP contribution in [0, 0.1) is 6.92 Å². The number of benzene rings is 3. The molecular formula is C33H26N2O+2. The van der Waals surface area contributed by atoms with Crippen LogP contribution < -0.4 is 9.13 Å². The highest BCUT2D eigenvalue weighted by molar-refractivity contribution is 6.09. The molecular weight excluding hydrogens is 440 g/mol. The molecule has 36 heavy (non-hydrogen) atoms. The van der Waals surface area contributed by atoms with E-state index in [9.17, 15) is 0 Å². The molecule has 3 aromatic carbocycles. The Morgan fingerprint density at radius 2 is 1.58 bits per heavy atom. The third-order valence-corrected chi connectivity index (χ3v) is 7.18. The predicted molar refractivity (Wildman–Crippen MR) is 144 cm³/mol. The van der Waals surface area contributed by atoms with Crippen LogP contribution in [0.4, 0.5) is 0 Å². The molecule has 0 atom stereocenters. The van der Waals surface area contributed by atoms with E-state index in [1.165, 1.54) is 27.9 Å². The molecule has 7 rings (SSSR count). The van der Waals surface area contributed by atoms with Crippen LogP contribution in [-0.2, 0) is 13.1 Å². The molecule has 4 heterocycles. The average Bonchev–Trinajstić information content (AvgIpc) is 3.28. The highest BCUT2D eigenvalue weighted by atomic mass is 16.3. The van der Waals surface area contributed by atoms with Crippen LogP contribution in [0.25, 0.3) is 50.5 Å². The number of aryl methyl sites for hydroxylation is 1. The van der Waals surface area contributed by atoms with Gasteiger partial charge in [0, 0.05) is 40.1 Å². The lowest BCUT2D eigenvalue weighted by atomic mass is 9.97. The van der Waals surface area contributed by atoms with E-state index < -0.39 is 0 Å². The third kappa shape index (κ3) is 3.36. The zero-order valence-electron chi connectivity index (χ0n) is 20.2. The van der Waals surface area contributed by atoms with Gasteiger partial charge in [0.15, 0.2) is 25.5 Å². The Morgan fingerprint density at radius 1 is 0.722 bits per heavy atom. The topological polar surface area (TPSA) is 20.9 Å². The number of fused-ring (bicyclic) bond motifs is 10. The number of hydrogen-bond donors (Lipinski definition) is 0. The molecule has 0 saturated carbocycles. The number of nitrogens with zero attached hydrogens (tertiary/aromatic N) is 2. The summed E-state index contributed by atoms with van der Waals surface area (Å²) in [6.07, 6.45) is 8.91. The molecule has 6 aromatic rings. The van der Waals surface area contributed by atoms with E-state index in [1.54, 1.807) is 0 Å². The van der Waals surface area contributed by atoms with Crippen molar-refractivity contribution >= 4 is 28.0 Å². The van der Waals surface area contributed by atoms with Gasteiger partial charge >= 0.3 is 0 Å². The summed E-state index contributed by atoms with van der Waals surface area (Å²) < 4.78 is 11.3. The third-order valence-electron chi connectivity index (χ3n) is 7.18. The fourth-order valence-corrected chi connectivity index (χ4v) is 5.50. The molecule has 3 heteroatoms. The van der Waals surface area contributed by atoms with Crippen LogP contribution in [-0.4, -0.2) is 0 Å². The van der Waals surface area contributed by atoms with Crippen LogP contribution in [0.3, 0.4) is 0 Å². The summed E-state index contributed by atoms with van der Waals surface area (Å²) in [4.78, 5) is 0. The predicted octanol–water partition coefficient (Wildman–Crippen LogP) is 6.88. The standard InChI is InChI=1S/C33H26N2O/c1-23-15-18-29-26-11-3-2-9-24(26)10-8-20-34-19-7-6-13-30(34)32-25(22-35(29)21-23)16-17-28-27-12-4-5-14-31(27)36-33(28)32/h2-19,21H,20,22H2,1H3/q+2/b10-8+. The zero-order chi connectivity index (χ0) is 24.1. The van der Waals surface area contributed by atoms with Crippen LogP contribution >= 0.6 is 0 Å². The van der Waals surface area contributed by atoms with Crippen molar-refractivity contribution in [2.24, 2.45) is 0 Å². The van der Waals surface area contributed by atoms with E-state index in [1.807, 2.05) is 6.07 Å². The summed E-state index contributed by atoms with van der Waals surface area (Å²) in [5, 5.41) is 2.31. The number of pyridine rings is 2. The zero-order valence-corrected chi connectivity index (χ0v) is 20.2. The van der Waals surface area contributed by atoms with Crippen LogP contribution in [0.5, 0.6) is 0 Å². The molecule has 0 N–H and O–H groups in total. The minimum atomic E-state index is 0.742. The smallest absolute Gasteiger partial charge is 0.217 e. The van der Waals surface area contributed by atoms with E-state index >= 15 is 0 Å². The molecule has 0 radical (unpaired) electrons. The van der Waals surface area contributed by atoms with Gasteiger partial charge in [-0.05, 0) is 48.9 Å². The SMILES string of the molecule is Cc1ccc2[n+](c1)Cc1ccc3c(oc4ccccc43)c1-c1cccc[n+]1C/C=C/c1ccccc1-2. The molecule has 3 aromatic heterocycles. The molecule has 0 unspecified atom stereocenters.